The second-order valence-corrected chi connectivity index (χ2v) is 5.95. The smallest absolute Gasteiger partial charge is 0.331 e. The number of benzene rings is 2. The van der Waals surface area contributed by atoms with Gasteiger partial charge >= 0.3 is 5.97 Å². The first-order valence-electron chi connectivity index (χ1n) is 6.79. The Morgan fingerprint density at radius 1 is 1.00 bits per heavy atom. The molecule has 0 aromatic heterocycles. The van der Waals surface area contributed by atoms with Gasteiger partial charge in [-0.25, -0.2) is 4.79 Å². The van der Waals surface area contributed by atoms with E-state index in [0.29, 0.717) is 20.8 Å². The van der Waals surface area contributed by atoms with Crippen molar-refractivity contribution >= 4 is 58.4 Å². The molecular weight excluding hydrogens is 373 g/mol. The molecule has 4 nitrogen and oxygen atoms in total. The highest BCUT2D eigenvalue weighted by Crippen LogP contribution is 2.25. The number of rotatable bonds is 5. The Balaban J connectivity index is 1.82. The maximum atomic E-state index is 11.7. The van der Waals surface area contributed by atoms with Crippen LogP contribution in [0.5, 0.6) is 0 Å². The van der Waals surface area contributed by atoms with Crippen LogP contribution in [-0.2, 0) is 14.3 Å². The van der Waals surface area contributed by atoms with Crippen molar-refractivity contribution in [2.75, 3.05) is 11.9 Å². The zero-order valence-electron chi connectivity index (χ0n) is 12.3. The van der Waals surface area contributed by atoms with E-state index >= 15 is 0 Å². The van der Waals surface area contributed by atoms with E-state index in [0.717, 1.165) is 5.56 Å². The standard InChI is InChI=1S/C17H12Cl3NO3/c18-12-4-1-11(2-5-12)3-8-17(23)24-10-16(22)21-15-7-6-13(19)9-14(15)20/h1-9H,10H2,(H,21,22)/b8-3+. The second-order valence-electron chi connectivity index (χ2n) is 4.66. The van der Waals surface area contributed by atoms with Gasteiger partial charge in [-0.2, -0.15) is 0 Å². The van der Waals surface area contributed by atoms with Gasteiger partial charge in [0, 0.05) is 16.1 Å². The topological polar surface area (TPSA) is 55.4 Å². The number of hydrogen-bond donors (Lipinski definition) is 1. The molecule has 0 spiro atoms. The number of ether oxygens (including phenoxy) is 1. The highest BCUT2D eigenvalue weighted by atomic mass is 35.5. The zero-order valence-corrected chi connectivity index (χ0v) is 14.5. The molecule has 0 aliphatic carbocycles. The first-order chi connectivity index (χ1) is 11.4. The van der Waals surface area contributed by atoms with Gasteiger partial charge in [0.05, 0.1) is 10.7 Å². The minimum atomic E-state index is -0.637. The molecular formula is C17H12Cl3NO3. The summed E-state index contributed by atoms with van der Waals surface area (Å²) in [5, 5.41) is 3.88. The summed E-state index contributed by atoms with van der Waals surface area (Å²) in [6.07, 6.45) is 2.79. The maximum Gasteiger partial charge on any atom is 0.331 e. The van der Waals surface area contributed by atoms with E-state index in [1.807, 2.05) is 0 Å². The molecule has 0 radical (unpaired) electrons. The lowest BCUT2D eigenvalue weighted by Gasteiger charge is -2.07. The number of esters is 1. The van der Waals surface area contributed by atoms with Gasteiger partial charge in [0.25, 0.3) is 5.91 Å². The molecule has 1 N–H and O–H groups in total. The molecule has 2 aromatic rings. The van der Waals surface area contributed by atoms with Crippen LogP contribution in [0.25, 0.3) is 6.08 Å². The molecule has 0 saturated heterocycles. The third kappa shape index (κ3) is 5.89. The van der Waals surface area contributed by atoms with Crippen molar-refractivity contribution < 1.29 is 14.3 Å². The molecule has 0 aliphatic heterocycles. The van der Waals surface area contributed by atoms with Gasteiger partial charge in [0.15, 0.2) is 6.61 Å². The largest absolute Gasteiger partial charge is 0.452 e. The van der Waals surface area contributed by atoms with Crippen molar-refractivity contribution in [3.8, 4) is 0 Å². The summed E-state index contributed by atoms with van der Waals surface area (Å²) >= 11 is 17.5. The minimum absolute atomic E-state index is 0.296. The van der Waals surface area contributed by atoms with E-state index in [-0.39, 0.29) is 0 Å². The van der Waals surface area contributed by atoms with Gasteiger partial charge in [-0.3, -0.25) is 4.79 Å². The van der Waals surface area contributed by atoms with Crippen LogP contribution in [0.4, 0.5) is 5.69 Å². The minimum Gasteiger partial charge on any atom is -0.452 e. The molecule has 2 rings (SSSR count). The molecule has 0 fully saturated rings. The van der Waals surface area contributed by atoms with Gasteiger partial charge in [-0.1, -0.05) is 46.9 Å². The summed E-state index contributed by atoms with van der Waals surface area (Å²) < 4.78 is 4.85. The van der Waals surface area contributed by atoms with Gasteiger partial charge in [0.1, 0.15) is 0 Å². The van der Waals surface area contributed by atoms with Crippen LogP contribution >= 0.6 is 34.8 Å². The zero-order chi connectivity index (χ0) is 17.5. The van der Waals surface area contributed by atoms with E-state index in [2.05, 4.69) is 5.32 Å². The van der Waals surface area contributed by atoms with Crippen molar-refractivity contribution in [3.63, 3.8) is 0 Å². The number of amides is 1. The predicted molar refractivity (Wildman–Crippen MR) is 96.5 cm³/mol. The maximum absolute atomic E-state index is 11.7. The summed E-state index contributed by atoms with van der Waals surface area (Å²) in [6, 6.07) is 11.6. The van der Waals surface area contributed by atoms with Crippen molar-refractivity contribution in [3.05, 3.63) is 69.2 Å². The summed E-state index contributed by atoms with van der Waals surface area (Å²) in [7, 11) is 0. The third-order valence-electron chi connectivity index (χ3n) is 2.83. The summed E-state index contributed by atoms with van der Waals surface area (Å²) in [4.78, 5) is 23.3. The lowest BCUT2D eigenvalue weighted by Crippen LogP contribution is -2.20. The molecule has 7 heteroatoms. The van der Waals surface area contributed by atoms with Crippen LogP contribution in [0.1, 0.15) is 5.56 Å². The Kier molecular flexibility index (Phi) is 6.67. The van der Waals surface area contributed by atoms with E-state index < -0.39 is 18.5 Å². The number of carbonyl (C=O) groups is 2. The predicted octanol–water partition coefficient (Wildman–Crippen LogP) is 4.84. The number of hydrogen-bond acceptors (Lipinski definition) is 3. The van der Waals surface area contributed by atoms with Gasteiger partial charge in [0.2, 0.25) is 0 Å². The number of anilines is 1. The van der Waals surface area contributed by atoms with Crippen LogP contribution in [0.3, 0.4) is 0 Å². The molecule has 0 saturated carbocycles. The Bertz CT molecular complexity index is 773. The molecule has 0 atom stereocenters. The summed E-state index contributed by atoms with van der Waals surface area (Å²) in [5.74, 6) is -1.14. The Morgan fingerprint density at radius 2 is 1.67 bits per heavy atom. The van der Waals surface area contributed by atoms with Crippen molar-refractivity contribution in [2.24, 2.45) is 0 Å². The first-order valence-corrected chi connectivity index (χ1v) is 7.93. The normalized spacial score (nSPS) is 10.6. The summed E-state index contributed by atoms with van der Waals surface area (Å²) in [5.41, 5.74) is 1.17. The fraction of sp³-hybridized carbons (Fsp3) is 0.0588. The molecule has 0 heterocycles. The number of nitrogens with one attached hydrogen (secondary N) is 1. The van der Waals surface area contributed by atoms with Crippen LogP contribution in [0.2, 0.25) is 15.1 Å². The number of halogens is 3. The SMILES string of the molecule is O=C(COC(=O)/C=C/c1ccc(Cl)cc1)Nc1ccc(Cl)cc1Cl. The highest BCUT2D eigenvalue weighted by molar-refractivity contribution is 6.36. The molecule has 24 heavy (non-hydrogen) atoms. The lowest BCUT2D eigenvalue weighted by molar-refractivity contribution is -0.142. The van der Waals surface area contributed by atoms with Gasteiger partial charge in [-0.15, -0.1) is 0 Å². The molecule has 0 bridgehead atoms. The van der Waals surface area contributed by atoms with E-state index in [1.165, 1.54) is 12.1 Å². The molecule has 1 amide bonds. The average molecular weight is 385 g/mol. The van der Waals surface area contributed by atoms with Crippen molar-refractivity contribution in [1.29, 1.82) is 0 Å². The lowest BCUT2D eigenvalue weighted by atomic mass is 10.2. The number of carbonyl (C=O) groups excluding carboxylic acids is 2. The molecule has 124 valence electrons. The monoisotopic (exact) mass is 383 g/mol. The van der Waals surface area contributed by atoms with Gasteiger partial charge in [-0.05, 0) is 42.0 Å². The van der Waals surface area contributed by atoms with Crippen LogP contribution in [0, 0.1) is 0 Å². The van der Waals surface area contributed by atoms with Crippen molar-refractivity contribution in [1.82, 2.24) is 0 Å². The fourth-order valence-electron chi connectivity index (χ4n) is 1.70. The molecule has 0 unspecified atom stereocenters. The van der Waals surface area contributed by atoms with E-state index in [9.17, 15) is 9.59 Å². The fourth-order valence-corrected chi connectivity index (χ4v) is 2.28. The Morgan fingerprint density at radius 3 is 2.33 bits per heavy atom. The van der Waals surface area contributed by atoms with Crippen LogP contribution in [-0.4, -0.2) is 18.5 Å². The molecule has 0 aliphatic rings. The summed E-state index contributed by atoms with van der Waals surface area (Å²) in [6.45, 7) is -0.428. The Labute approximate surface area is 154 Å². The van der Waals surface area contributed by atoms with Crippen LogP contribution < -0.4 is 5.32 Å². The van der Waals surface area contributed by atoms with Gasteiger partial charge < -0.3 is 10.1 Å². The highest BCUT2D eigenvalue weighted by Gasteiger charge is 2.08. The molecule has 2 aromatic carbocycles. The quantitative estimate of drug-likeness (QED) is 0.592. The van der Waals surface area contributed by atoms with Crippen LogP contribution in [0.15, 0.2) is 48.5 Å². The van der Waals surface area contributed by atoms with E-state index in [4.69, 9.17) is 39.5 Å². The third-order valence-corrected chi connectivity index (χ3v) is 3.63. The van der Waals surface area contributed by atoms with E-state index in [1.54, 1.807) is 42.5 Å². The first kappa shape index (κ1) is 18.3. The average Bonchev–Trinajstić information content (AvgIpc) is 2.55. The Hall–Kier alpha value is -2.01. The second kappa shape index (κ2) is 8.73. The van der Waals surface area contributed by atoms with Crippen molar-refractivity contribution in [2.45, 2.75) is 0 Å².